The lowest BCUT2D eigenvalue weighted by Crippen LogP contribution is -2.49. The van der Waals surface area contributed by atoms with Crippen LogP contribution in [0.2, 0.25) is 0 Å². The van der Waals surface area contributed by atoms with Gasteiger partial charge in [0.15, 0.2) is 0 Å². The molecule has 0 fully saturated rings. The third-order valence-electron chi connectivity index (χ3n) is 6.72. The zero-order chi connectivity index (χ0) is 22.5. The highest BCUT2D eigenvalue weighted by atomic mass is 16.5. The summed E-state index contributed by atoms with van der Waals surface area (Å²) in [6.07, 6.45) is 0. The summed E-state index contributed by atoms with van der Waals surface area (Å²) in [5, 5.41) is 15.0. The van der Waals surface area contributed by atoms with Crippen LogP contribution in [0.4, 0.5) is 0 Å². The van der Waals surface area contributed by atoms with Crippen LogP contribution in [0.1, 0.15) is 27.7 Å². The third kappa shape index (κ3) is 3.50. The first-order valence-electron chi connectivity index (χ1n) is 11.0. The van der Waals surface area contributed by atoms with Gasteiger partial charge in [-0.15, -0.1) is 0 Å². The van der Waals surface area contributed by atoms with E-state index in [2.05, 4.69) is 54.6 Å². The minimum absolute atomic E-state index is 0.379. The molecule has 4 aromatic carbocycles. The minimum Gasteiger partial charge on any atom is -0.455 e. The molecule has 5 aromatic rings. The predicted molar refractivity (Wildman–Crippen MR) is 135 cm³/mol. The van der Waals surface area contributed by atoms with Crippen molar-refractivity contribution in [1.82, 2.24) is 0 Å². The van der Waals surface area contributed by atoms with E-state index in [1.807, 2.05) is 38.1 Å². The summed E-state index contributed by atoms with van der Waals surface area (Å²) in [5.41, 5.74) is 3.28. The molecule has 1 heterocycles. The lowest BCUT2D eigenvalue weighted by atomic mass is 9.79. The van der Waals surface area contributed by atoms with Crippen molar-refractivity contribution in [1.29, 1.82) is 0 Å². The molecule has 0 amide bonds. The van der Waals surface area contributed by atoms with E-state index >= 15 is 0 Å². The van der Waals surface area contributed by atoms with Crippen LogP contribution in [-0.2, 0) is 4.65 Å². The van der Waals surface area contributed by atoms with Gasteiger partial charge in [-0.05, 0) is 61.6 Å². The summed E-state index contributed by atoms with van der Waals surface area (Å²) in [7, 11) is 0.379. The van der Waals surface area contributed by atoms with E-state index in [0.29, 0.717) is 7.48 Å². The molecule has 0 saturated carbocycles. The van der Waals surface area contributed by atoms with Crippen LogP contribution in [0.5, 0.6) is 0 Å². The number of fused-ring (bicyclic) bond motifs is 4. The van der Waals surface area contributed by atoms with Gasteiger partial charge in [-0.25, -0.2) is 0 Å². The highest BCUT2D eigenvalue weighted by Crippen LogP contribution is 2.37. The van der Waals surface area contributed by atoms with Crippen molar-refractivity contribution in [2.24, 2.45) is 0 Å². The zero-order valence-corrected chi connectivity index (χ0v) is 19.0. The second kappa shape index (κ2) is 7.51. The van der Waals surface area contributed by atoms with Gasteiger partial charge in [0.25, 0.3) is 0 Å². The number of rotatable bonds is 5. The molecule has 1 aromatic heterocycles. The predicted octanol–water partition coefficient (Wildman–Crippen LogP) is 5.95. The fraction of sp³-hybridized carbons (Fsp3) is 0.214. The van der Waals surface area contributed by atoms with Gasteiger partial charge in [-0.1, -0.05) is 66.7 Å². The van der Waals surface area contributed by atoms with E-state index < -0.39 is 11.2 Å². The van der Waals surface area contributed by atoms with Crippen molar-refractivity contribution in [3.8, 4) is 11.1 Å². The van der Waals surface area contributed by atoms with Gasteiger partial charge in [0.1, 0.15) is 11.2 Å². The summed E-state index contributed by atoms with van der Waals surface area (Å²) in [4.78, 5) is 0. The average Bonchev–Trinajstić information content (AvgIpc) is 3.14. The van der Waals surface area contributed by atoms with Crippen LogP contribution in [0.25, 0.3) is 43.8 Å². The second-order valence-electron chi connectivity index (χ2n) is 9.50. The Labute approximate surface area is 188 Å². The topological polar surface area (TPSA) is 42.6 Å². The van der Waals surface area contributed by atoms with Gasteiger partial charge in [0.2, 0.25) is 0 Å². The monoisotopic (exact) mass is 422 g/mol. The molecule has 0 saturated heterocycles. The number of hydrogen-bond donors (Lipinski definition) is 1. The SMILES string of the molecule is CC(C)(O)C(C)(C)OBc1ccc(-c2ccccc2)c2oc3cc4ccccc4cc3c12. The summed E-state index contributed by atoms with van der Waals surface area (Å²) in [5.74, 6) is 0. The van der Waals surface area contributed by atoms with Crippen molar-refractivity contribution in [3.05, 3.63) is 78.9 Å². The smallest absolute Gasteiger partial charge is 0.310 e. The van der Waals surface area contributed by atoms with Gasteiger partial charge >= 0.3 is 7.48 Å². The molecule has 32 heavy (non-hydrogen) atoms. The number of furan rings is 1. The van der Waals surface area contributed by atoms with Crippen molar-refractivity contribution in [2.75, 3.05) is 0 Å². The van der Waals surface area contributed by atoms with Crippen LogP contribution in [0, 0.1) is 0 Å². The number of aliphatic hydroxyl groups is 1. The number of hydrogen-bond acceptors (Lipinski definition) is 3. The van der Waals surface area contributed by atoms with Gasteiger partial charge < -0.3 is 14.2 Å². The average molecular weight is 422 g/mol. The maximum Gasteiger partial charge on any atom is 0.310 e. The maximum atomic E-state index is 10.5. The van der Waals surface area contributed by atoms with E-state index in [1.165, 1.54) is 5.39 Å². The van der Waals surface area contributed by atoms with E-state index in [9.17, 15) is 5.11 Å². The lowest BCUT2D eigenvalue weighted by molar-refractivity contribution is -0.0893. The summed E-state index contributed by atoms with van der Waals surface area (Å²) in [6.45, 7) is 7.40. The van der Waals surface area contributed by atoms with Crippen molar-refractivity contribution in [2.45, 2.75) is 38.9 Å². The molecule has 3 nitrogen and oxygen atoms in total. The Bertz CT molecular complexity index is 1430. The fourth-order valence-corrected chi connectivity index (χ4v) is 4.03. The Morgan fingerprint density at radius 3 is 2.16 bits per heavy atom. The Balaban J connectivity index is 1.74. The van der Waals surface area contributed by atoms with Crippen LogP contribution in [0.15, 0.2) is 83.3 Å². The van der Waals surface area contributed by atoms with E-state index in [0.717, 1.165) is 43.9 Å². The summed E-state index contributed by atoms with van der Waals surface area (Å²) in [6, 6.07) is 27.2. The Morgan fingerprint density at radius 1 is 0.812 bits per heavy atom. The van der Waals surface area contributed by atoms with E-state index in [-0.39, 0.29) is 0 Å². The summed E-state index contributed by atoms with van der Waals surface area (Å²) >= 11 is 0. The molecule has 5 rings (SSSR count). The molecule has 0 spiro atoms. The van der Waals surface area contributed by atoms with Gasteiger partial charge in [-0.2, -0.15) is 0 Å². The normalized spacial score (nSPS) is 12.7. The largest absolute Gasteiger partial charge is 0.455 e. The summed E-state index contributed by atoms with van der Waals surface area (Å²) < 4.78 is 12.7. The molecular weight excluding hydrogens is 395 g/mol. The first-order valence-corrected chi connectivity index (χ1v) is 11.0. The molecule has 4 heteroatoms. The Hall–Kier alpha value is -3.08. The standard InChI is InChI=1S/C28H27BO3/c1-27(2,30)28(3,4)32-29-23-15-14-21(18-10-6-5-7-11-18)26-25(23)22-16-19-12-8-9-13-20(19)17-24(22)31-26/h5-17,29-30H,1-4H3. The molecule has 160 valence electrons. The van der Waals surface area contributed by atoms with Gasteiger partial charge in [0.05, 0.1) is 11.2 Å². The van der Waals surface area contributed by atoms with Gasteiger partial charge in [-0.3, -0.25) is 0 Å². The van der Waals surface area contributed by atoms with Crippen LogP contribution in [0.3, 0.4) is 0 Å². The van der Waals surface area contributed by atoms with Crippen LogP contribution >= 0.6 is 0 Å². The second-order valence-corrected chi connectivity index (χ2v) is 9.50. The maximum absolute atomic E-state index is 10.5. The highest BCUT2D eigenvalue weighted by Gasteiger charge is 2.36. The molecule has 0 atom stereocenters. The van der Waals surface area contributed by atoms with Crippen molar-refractivity contribution < 1.29 is 14.2 Å². The first-order chi connectivity index (χ1) is 15.2. The Morgan fingerprint density at radius 2 is 1.47 bits per heavy atom. The molecule has 0 radical (unpaired) electrons. The van der Waals surface area contributed by atoms with Crippen LogP contribution < -0.4 is 5.46 Å². The third-order valence-corrected chi connectivity index (χ3v) is 6.72. The molecule has 1 N–H and O–H groups in total. The number of benzene rings is 4. The minimum atomic E-state index is -0.967. The zero-order valence-electron chi connectivity index (χ0n) is 19.0. The molecule has 0 aliphatic carbocycles. The molecule has 0 aliphatic heterocycles. The first kappa shape index (κ1) is 20.8. The molecule has 0 aliphatic rings. The lowest BCUT2D eigenvalue weighted by Gasteiger charge is -2.37. The fourth-order valence-electron chi connectivity index (χ4n) is 4.03. The molecule has 0 unspecified atom stereocenters. The molecular formula is C28H27BO3. The van der Waals surface area contributed by atoms with E-state index in [1.54, 1.807) is 13.8 Å². The quantitative estimate of drug-likeness (QED) is 0.356. The van der Waals surface area contributed by atoms with Gasteiger partial charge in [0, 0.05) is 16.3 Å². The van der Waals surface area contributed by atoms with Crippen molar-refractivity contribution >= 4 is 45.7 Å². The molecule has 0 bridgehead atoms. The Kier molecular flexibility index (Phi) is 4.88. The van der Waals surface area contributed by atoms with Crippen molar-refractivity contribution in [3.63, 3.8) is 0 Å². The van der Waals surface area contributed by atoms with Crippen LogP contribution in [-0.4, -0.2) is 23.8 Å². The van der Waals surface area contributed by atoms with E-state index in [4.69, 9.17) is 9.07 Å². The highest BCUT2D eigenvalue weighted by molar-refractivity contribution is 6.53.